The van der Waals surface area contributed by atoms with Gasteiger partial charge in [-0.1, -0.05) is 6.07 Å². The Labute approximate surface area is 100 Å². The maximum atomic E-state index is 5.56. The number of aromatic nitrogens is 3. The summed E-state index contributed by atoms with van der Waals surface area (Å²) in [7, 11) is 0. The molecule has 2 heterocycles. The van der Waals surface area contributed by atoms with Crippen LogP contribution in [0.1, 0.15) is 28.7 Å². The normalized spacial score (nSPS) is 12.4. The van der Waals surface area contributed by atoms with E-state index in [1.165, 1.54) is 0 Å². The third kappa shape index (κ3) is 2.64. The van der Waals surface area contributed by atoms with Gasteiger partial charge in [0.2, 0.25) is 0 Å². The second-order valence-electron chi connectivity index (χ2n) is 3.95. The minimum atomic E-state index is -0.233. The summed E-state index contributed by atoms with van der Waals surface area (Å²) in [6.45, 7) is 3.89. The standard InChI is InChI=1S/C12H15N5/c1-8-5-15-12(16-6-8)11(17-13)10-4-3-9(2)14-7-10/h3-7,11,17H,13H2,1-2H3. The predicted molar refractivity (Wildman–Crippen MR) is 64.9 cm³/mol. The van der Waals surface area contributed by atoms with Crippen molar-refractivity contribution in [2.75, 3.05) is 0 Å². The van der Waals surface area contributed by atoms with Crippen LogP contribution in [-0.4, -0.2) is 15.0 Å². The van der Waals surface area contributed by atoms with Gasteiger partial charge in [0.1, 0.15) is 6.04 Å². The third-order valence-corrected chi connectivity index (χ3v) is 2.49. The molecule has 0 aliphatic rings. The Hall–Kier alpha value is -1.85. The summed E-state index contributed by atoms with van der Waals surface area (Å²) < 4.78 is 0. The van der Waals surface area contributed by atoms with Gasteiger partial charge in [-0.25, -0.2) is 15.4 Å². The Kier molecular flexibility index (Phi) is 3.41. The molecule has 0 saturated carbocycles. The summed E-state index contributed by atoms with van der Waals surface area (Å²) >= 11 is 0. The summed E-state index contributed by atoms with van der Waals surface area (Å²) in [5.74, 6) is 6.20. The fourth-order valence-corrected chi connectivity index (χ4v) is 1.52. The lowest BCUT2D eigenvalue weighted by Crippen LogP contribution is -2.30. The number of hydrazine groups is 1. The van der Waals surface area contributed by atoms with Crippen molar-refractivity contribution >= 4 is 0 Å². The topological polar surface area (TPSA) is 76.7 Å². The van der Waals surface area contributed by atoms with E-state index in [-0.39, 0.29) is 6.04 Å². The van der Waals surface area contributed by atoms with Crippen LogP contribution in [-0.2, 0) is 0 Å². The van der Waals surface area contributed by atoms with Gasteiger partial charge >= 0.3 is 0 Å². The quantitative estimate of drug-likeness (QED) is 0.607. The van der Waals surface area contributed by atoms with Gasteiger partial charge in [-0.15, -0.1) is 0 Å². The molecule has 0 aliphatic heterocycles. The molecular formula is C12H15N5. The molecule has 0 saturated heterocycles. The highest BCUT2D eigenvalue weighted by atomic mass is 15.2. The zero-order valence-corrected chi connectivity index (χ0v) is 9.88. The predicted octanol–water partition coefficient (Wildman–Crippen LogP) is 1.04. The highest BCUT2D eigenvalue weighted by Crippen LogP contribution is 2.16. The van der Waals surface area contributed by atoms with Gasteiger partial charge in [0.25, 0.3) is 0 Å². The van der Waals surface area contributed by atoms with E-state index in [4.69, 9.17) is 5.84 Å². The summed E-state index contributed by atoms with van der Waals surface area (Å²) in [6.07, 6.45) is 5.33. The van der Waals surface area contributed by atoms with Crippen LogP contribution in [0.3, 0.4) is 0 Å². The molecule has 3 N–H and O–H groups in total. The van der Waals surface area contributed by atoms with E-state index in [1.54, 1.807) is 18.6 Å². The Balaban J connectivity index is 2.33. The molecule has 2 rings (SSSR count). The SMILES string of the molecule is Cc1cnc(C(NN)c2ccc(C)nc2)nc1. The average Bonchev–Trinajstić information content (AvgIpc) is 2.35. The molecule has 2 aromatic heterocycles. The van der Waals surface area contributed by atoms with Crippen molar-refractivity contribution in [1.29, 1.82) is 0 Å². The minimum absolute atomic E-state index is 0.233. The number of nitrogens with one attached hydrogen (secondary N) is 1. The van der Waals surface area contributed by atoms with Gasteiger partial charge in [-0.05, 0) is 31.0 Å². The lowest BCUT2D eigenvalue weighted by molar-refractivity contribution is 0.598. The first-order valence-corrected chi connectivity index (χ1v) is 5.38. The molecule has 17 heavy (non-hydrogen) atoms. The Morgan fingerprint density at radius 2 is 1.76 bits per heavy atom. The largest absolute Gasteiger partial charge is 0.270 e. The van der Waals surface area contributed by atoms with Gasteiger partial charge in [-0.2, -0.15) is 0 Å². The average molecular weight is 229 g/mol. The molecule has 5 heteroatoms. The van der Waals surface area contributed by atoms with Crippen LogP contribution >= 0.6 is 0 Å². The van der Waals surface area contributed by atoms with Crippen LogP contribution in [0.5, 0.6) is 0 Å². The number of hydrogen-bond acceptors (Lipinski definition) is 5. The number of pyridine rings is 1. The van der Waals surface area contributed by atoms with E-state index in [1.807, 2.05) is 26.0 Å². The van der Waals surface area contributed by atoms with Crippen molar-refractivity contribution in [3.63, 3.8) is 0 Å². The first-order valence-electron chi connectivity index (χ1n) is 5.38. The molecule has 1 unspecified atom stereocenters. The fraction of sp³-hybridized carbons (Fsp3) is 0.250. The number of hydrogen-bond donors (Lipinski definition) is 2. The molecule has 0 fully saturated rings. The molecule has 88 valence electrons. The van der Waals surface area contributed by atoms with Crippen molar-refractivity contribution < 1.29 is 0 Å². The molecule has 1 atom stereocenters. The van der Waals surface area contributed by atoms with Crippen LogP contribution in [0.2, 0.25) is 0 Å². The summed E-state index contributed by atoms with van der Waals surface area (Å²) in [5.41, 5.74) is 5.64. The van der Waals surface area contributed by atoms with E-state index in [0.29, 0.717) is 5.82 Å². The van der Waals surface area contributed by atoms with Gasteiger partial charge in [0.05, 0.1) is 0 Å². The first-order chi connectivity index (χ1) is 8.20. The maximum Gasteiger partial charge on any atom is 0.150 e. The van der Waals surface area contributed by atoms with E-state index in [2.05, 4.69) is 20.4 Å². The number of nitrogens with zero attached hydrogens (tertiary/aromatic N) is 3. The molecular weight excluding hydrogens is 214 g/mol. The zero-order valence-electron chi connectivity index (χ0n) is 9.88. The number of aryl methyl sites for hydroxylation is 2. The molecule has 0 aromatic carbocycles. The zero-order chi connectivity index (χ0) is 12.3. The van der Waals surface area contributed by atoms with Crippen molar-refractivity contribution in [2.24, 2.45) is 5.84 Å². The van der Waals surface area contributed by atoms with Gasteiger partial charge in [-0.3, -0.25) is 10.8 Å². The fourth-order valence-electron chi connectivity index (χ4n) is 1.52. The maximum absolute atomic E-state index is 5.56. The van der Waals surface area contributed by atoms with Crippen molar-refractivity contribution in [3.05, 3.63) is 53.4 Å². The van der Waals surface area contributed by atoms with Crippen molar-refractivity contribution in [1.82, 2.24) is 20.4 Å². The molecule has 0 aliphatic carbocycles. The molecule has 0 amide bonds. The Bertz CT molecular complexity index is 432. The lowest BCUT2D eigenvalue weighted by Gasteiger charge is -2.14. The van der Waals surface area contributed by atoms with Crippen molar-refractivity contribution in [3.8, 4) is 0 Å². The minimum Gasteiger partial charge on any atom is -0.270 e. The third-order valence-electron chi connectivity index (χ3n) is 2.49. The summed E-state index contributed by atoms with van der Waals surface area (Å²) in [4.78, 5) is 12.8. The van der Waals surface area contributed by atoms with Gasteiger partial charge < -0.3 is 0 Å². The van der Waals surface area contributed by atoms with Crippen LogP contribution in [0.25, 0.3) is 0 Å². The van der Waals surface area contributed by atoms with E-state index < -0.39 is 0 Å². The van der Waals surface area contributed by atoms with Crippen LogP contribution in [0, 0.1) is 13.8 Å². The lowest BCUT2D eigenvalue weighted by atomic mass is 10.1. The highest BCUT2D eigenvalue weighted by molar-refractivity contribution is 5.23. The Morgan fingerprint density at radius 1 is 1.06 bits per heavy atom. The summed E-state index contributed by atoms with van der Waals surface area (Å²) in [6, 6.07) is 3.67. The second-order valence-corrected chi connectivity index (χ2v) is 3.95. The molecule has 0 bridgehead atoms. The number of nitrogens with two attached hydrogens (primary N) is 1. The Morgan fingerprint density at radius 3 is 2.29 bits per heavy atom. The smallest absolute Gasteiger partial charge is 0.150 e. The first kappa shape index (κ1) is 11.6. The second kappa shape index (κ2) is 4.99. The van der Waals surface area contributed by atoms with Crippen LogP contribution < -0.4 is 11.3 Å². The van der Waals surface area contributed by atoms with Crippen LogP contribution in [0.15, 0.2) is 30.7 Å². The van der Waals surface area contributed by atoms with E-state index in [0.717, 1.165) is 16.8 Å². The molecule has 0 spiro atoms. The molecule has 5 nitrogen and oxygen atoms in total. The van der Waals surface area contributed by atoms with E-state index >= 15 is 0 Å². The number of rotatable bonds is 3. The van der Waals surface area contributed by atoms with Gasteiger partial charge in [0.15, 0.2) is 5.82 Å². The monoisotopic (exact) mass is 229 g/mol. The summed E-state index contributed by atoms with van der Waals surface area (Å²) in [5, 5.41) is 0. The molecule has 2 aromatic rings. The van der Waals surface area contributed by atoms with E-state index in [9.17, 15) is 0 Å². The highest BCUT2D eigenvalue weighted by Gasteiger charge is 2.15. The molecule has 0 radical (unpaired) electrons. The van der Waals surface area contributed by atoms with Gasteiger partial charge in [0, 0.05) is 24.3 Å². The van der Waals surface area contributed by atoms with Crippen molar-refractivity contribution in [2.45, 2.75) is 19.9 Å². The van der Waals surface area contributed by atoms with Crippen LogP contribution in [0.4, 0.5) is 0 Å².